The Labute approximate surface area is 110 Å². The molecule has 0 aliphatic heterocycles. The first-order chi connectivity index (χ1) is 8.17. The Balaban J connectivity index is 2.62. The molecule has 1 rings (SSSR count). The van der Waals surface area contributed by atoms with Gasteiger partial charge in [-0.1, -0.05) is 27.2 Å². The van der Waals surface area contributed by atoms with Gasteiger partial charge >= 0.3 is 0 Å². The van der Waals surface area contributed by atoms with E-state index in [4.69, 9.17) is 5.73 Å². The summed E-state index contributed by atoms with van der Waals surface area (Å²) in [6.45, 7) is 7.68. The second kappa shape index (κ2) is 7.88. The van der Waals surface area contributed by atoms with Crippen molar-refractivity contribution in [2.45, 2.75) is 58.8 Å². The monoisotopic (exact) mass is 253 g/mol. The van der Waals surface area contributed by atoms with E-state index in [1.165, 1.54) is 25.7 Å². The molecule has 1 heterocycles. The molecule has 0 aliphatic rings. The summed E-state index contributed by atoms with van der Waals surface area (Å²) < 4.78 is 0. The quantitative estimate of drug-likeness (QED) is 0.721. The summed E-state index contributed by atoms with van der Waals surface area (Å²) in [6.07, 6.45) is 6.21. The van der Waals surface area contributed by atoms with Crippen LogP contribution >= 0.6 is 11.3 Å². The minimum Gasteiger partial charge on any atom is -0.330 e. The minimum absolute atomic E-state index is 0.745. The molecule has 0 saturated carbocycles. The van der Waals surface area contributed by atoms with Gasteiger partial charge in [0.05, 0.1) is 0 Å². The van der Waals surface area contributed by atoms with Gasteiger partial charge < -0.3 is 5.73 Å². The van der Waals surface area contributed by atoms with Gasteiger partial charge in [-0.2, -0.15) is 0 Å². The second-order valence-corrected chi connectivity index (χ2v) is 6.52. The van der Waals surface area contributed by atoms with Gasteiger partial charge in [-0.25, -0.2) is 0 Å². The standard InChI is InChI=1S/C15H27NS/c1-4-6-13(7-5-10-16)15-9-8-14(17-15)11-12(2)3/h8-9,12-13H,4-7,10-11,16H2,1-3H3. The van der Waals surface area contributed by atoms with Crippen LogP contribution in [0.5, 0.6) is 0 Å². The van der Waals surface area contributed by atoms with Gasteiger partial charge in [0.1, 0.15) is 0 Å². The molecule has 1 nitrogen and oxygen atoms in total. The molecule has 0 fully saturated rings. The second-order valence-electron chi connectivity index (χ2n) is 5.32. The fourth-order valence-corrected chi connectivity index (χ4v) is 3.66. The lowest BCUT2D eigenvalue weighted by atomic mass is 9.96. The Morgan fingerprint density at radius 1 is 1.24 bits per heavy atom. The molecule has 98 valence electrons. The molecule has 2 heteroatoms. The van der Waals surface area contributed by atoms with Crippen molar-refractivity contribution in [2.75, 3.05) is 6.54 Å². The Morgan fingerprint density at radius 3 is 2.59 bits per heavy atom. The predicted octanol–water partition coefficient (Wildman–Crippen LogP) is 4.57. The van der Waals surface area contributed by atoms with Crippen molar-refractivity contribution < 1.29 is 0 Å². The lowest BCUT2D eigenvalue weighted by Crippen LogP contribution is -2.03. The maximum absolute atomic E-state index is 5.63. The smallest absolute Gasteiger partial charge is 0.00791 e. The number of hydrogen-bond donors (Lipinski definition) is 1. The van der Waals surface area contributed by atoms with Crippen LogP contribution in [-0.2, 0) is 6.42 Å². The Kier molecular flexibility index (Phi) is 6.83. The third-order valence-corrected chi connectivity index (χ3v) is 4.36. The average Bonchev–Trinajstić information content (AvgIpc) is 2.71. The fraction of sp³-hybridized carbons (Fsp3) is 0.733. The van der Waals surface area contributed by atoms with E-state index < -0.39 is 0 Å². The Hall–Kier alpha value is -0.340. The molecule has 0 bridgehead atoms. The van der Waals surface area contributed by atoms with Crippen LogP contribution in [0.1, 0.15) is 62.1 Å². The molecule has 0 amide bonds. The summed E-state index contributed by atoms with van der Waals surface area (Å²) in [6, 6.07) is 4.67. The average molecular weight is 253 g/mol. The zero-order valence-corrected chi connectivity index (χ0v) is 12.4. The molecule has 1 aromatic rings. The van der Waals surface area contributed by atoms with Crippen LogP contribution in [0.2, 0.25) is 0 Å². The van der Waals surface area contributed by atoms with E-state index in [1.807, 2.05) is 11.3 Å². The van der Waals surface area contributed by atoms with Crippen LogP contribution < -0.4 is 5.73 Å². The number of nitrogens with two attached hydrogens (primary N) is 1. The molecule has 0 saturated heterocycles. The lowest BCUT2D eigenvalue weighted by Gasteiger charge is -2.13. The fourth-order valence-electron chi connectivity index (χ4n) is 2.27. The largest absolute Gasteiger partial charge is 0.330 e. The Morgan fingerprint density at radius 2 is 2.00 bits per heavy atom. The first kappa shape index (κ1) is 14.7. The molecule has 0 spiro atoms. The van der Waals surface area contributed by atoms with Crippen molar-refractivity contribution in [3.8, 4) is 0 Å². The number of thiophene rings is 1. The van der Waals surface area contributed by atoms with Gasteiger partial charge in [-0.05, 0) is 56.2 Å². The van der Waals surface area contributed by atoms with Gasteiger partial charge in [-0.15, -0.1) is 11.3 Å². The van der Waals surface area contributed by atoms with Gasteiger partial charge in [0.2, 0.25) is 0 Å². The number of hydrogen-bond acceptors (Lipinski definition) is 2. The van der Waals surface area contributed by atoms with Gasteiger partial charge in [0.25, 0.3) is 0 Å². The van der Waals surface area contributed by atoms with E-state index in [0.29, 0.717) is 0 Å². The Bertz CT molecular complexity index is 304. The van der Waals surface area contributed by atoms with E-state index in [0.717, 1.165) is 24.8 Å². The highest BCUT2D eigenvalue weighted by Crippen LogP contribution is 2.32. The van der Waals surface area contributed by atoms with Crippen LogP contribution in [0, 0.1) is 5.92 Å². The zero-order valence-electron chi connectivity index (χ0n) is 11.5. The van der Waals surface area contributed by atoms with E-state index in [9.17, 15) is 0 Å². The molecular weight excluding hydrogens is 226 g/mol. The molecule has 0 radical (unpaired) electrons. The summed E-state index contributed by atoms with van der Waals surface area (Å²) in [5, 5.41) is 0. The molecule has 0 aromatic carbocycles. The first-order valence-electron chi connectivity index (χ1n) is 6.96. The summed E-state index contributed by atoms with van der Waals surface area (Å²) >= 11 is 2.02. The summed E-state index contributed by atoms with van der Waals surface area (Å²) in [5.74, 6) is 1.50. The van der Waals surface area contributed by atoms with E-state index in [2.05, 4.69) is 32.9 Å². The first-order valence-corrected chi connectivity index (χ1v) is 7.77. The van der Waals surface area contributed by atoms with Crippen LogP contribution in [0.4, 0.5) is 0 Å². The number of rotatable bonds is 8. The maximum atomic E-state index is 5.63. The third kappa shape index (κ3) is 5.22. The van der Waals surface area contributed by atoms with Crippen molar-refractivity contribution >= 4 is 11.3 Å². The van der Waals surface area contributed by atoms with Crippen LogP contribution in [0.25, 0.3) is 0 Å². The van der Waals surface area contributed by atoms with Crippen LogP contribution in [0.15, 0.2) is 12.1 Å². The summed E-state index contributed by atoms with van der Waals surface area (Å²) in [5.41, 5.74) is 5.63. The van der Waals surface area contributed by atoms with Crippen molar-refractivity contribution in [3.05, 3.63) is 21.9 Å². The molecule has 1 atom stereocenters. The van der Waals surface area contributed by atoms with Gasteiger partial charge in [0, 0.05) is 9.75 Å². The predicted molar refractivity (Wildman–Crippen MR) is 78.8 cm³/mol. The van der Waals surface area contributed by atoms with E-state index in [-0.39, 0.29) is 0 Å². The van der Waals surface area contributed by atoms with E-state index >= 15 is 0 Å². The zero-order chi connectivity index (χ0) is 12.7. The van der Waals surface area contributed by atoms with Crippen LogP contribution in [-0.4, -0.2) is 6.54 Å². The minimum atomic E-state index is 0.745. The highest BCUT2D eigenvalue weighted by atomic mass is 32.1. The summed E-state index contributed by atoms with van der Waals surface area (Å²) in [7, 11) is 0. The molecule has 0 aliphatic carbocycles. The molecule has 1 unspecified atom stereocenters. The summed E-state index contributed by atoms with van der Waals surface area (Å²) in [4.78, 5) is 3.12. The highest BCUT2D eigenvalue weighted by Gasteiger charge is 2.13. The SMILES string of the molecule is CCCC(CCCN)c1ccc(CC(C)C)s1. The normalized spacial score (nSPS) is 13.2. The van der Waals surface area contributed by atoms with Gasteiger partial charge in [0.15, 0.2) is 0 Å². The van der Waals surface area contributed by atoms with Crippen molar-refractivity contribution in [3.63, 3.8) is 0 Å². The topological polar surface area (TPSA) is 26.0 Å². The van der Waals surface area contributed by atoms with Crippen molar-refractivity contribution in [1.29, 1.82) is 0 Å². The lowest BCUT2D eigenvalue weighted by molar-refractivity contribution is 0.557. The third-order valence-electron chi connectivity index (χ3n) is 3.09. The van der Waals surface area contributed by atoms with Crippen molar-refractivity contribution in [1.82, 2.24) is 0 Å². The highest BCUT2D eigenvalue weighted by molar-refractivity contribution is 7.12. The molecular formula is C15H27NS. The molecule has 2 N–H and O–H groups in total. The molecule has 1 aromatic heterocycles. The van der Waals surface area contributed by atoms with E-state index in [1.54, 1.807) is 9.75 Å². The van der Waals surface area contributed by atoms with Crippen LogP contribution in [0.3, 0.4) is 0 Å². The van der Waals surface area contributed by atoms with Crippen molar-refractivity contribution in [2.24, 2.45) is 11.7 Å². The molecule has 17 heavy (non-hydrogen) atoms. The van der Waals surface area contributed by atoms with Gasteiger partial charge in [-0.3, -0.25) is 0 Å². The maximum Gasteiger partial charge on any atom is 0.00791 e.